The maximum atomic E-state index is 9.16. The number of benzene rings is 2. The zero-order valence-electron chi connectivity index (χ0n) is 16.4. The van der Waals surface area contributed by atoms with E-state index in [4.69, 9.17) is 10.00 Å². The van der Waals surface area contributed by atoms with E-state index in [1.807, 2.05) is 12.1 Å². The van der Waals surface area contributed by atoms with Gasteiger partial charge in [-0.15, -0.1) is 0 Å². The minimum absolute atomic E-state index is 0.385. The summed E-state index contributed by atoms with van der Waals surface area (Å²) in [5, 5.41) is 11.6. The molecule has 0 aliphatic carbocycles. The van der Waals surface area contributed by atoms with Crippen LogP contribution in [0.3, 0.4) is 0 Å². The van der Waals surface area contributed by atoms with Crippen LogP contribution in [-0.2, 0) is 6.54 Å². The standard InChI is InChI=1S/C23H21AsN4O/c1-16-11-18-5-3-4-6-21(18)28(16)10-9-24-23-13-20(26-15-27-23)17-7-8-19(14-25)22(12-17)29-2/h3-8,11-13,15,24H,9-10H2,1-2H3. The molecule has 0 radical (unpaired) electrons. The molecule has 0 bridgehead atoms. The second-order valence-electron chi connectivity index (χ2n) is 6.74. The van der Waals surface area contributed by atoms with E-state index in [9.17, 15) is 0 Å². The van der Waals surface area contributed by atoms with Crippen molar-refractivity contribution in [3.05, 3.63) is 72.2 Å². The monoisotopic (exact) mass is 444 g/mol. The van der Waals surface area contributed by atoms with Gasteiger partial charge in [0.25, 0.3) is 0 Å². The predicted molar refractivity (Wildman–Crippen MR) is 117 cm³/mol. The van der Waals surface area contributed by atoms with E-state index in [0.29, 0.717) is 11.3 Å². The molecule has 0 N–H and O–H groups in total. The summed E-state index contributed by atoms with van der Waals surface area (Å²) < 4.78 is 8.85. The first kappa shape index (κ1) is 19.2. The number of aromatic nitrogens is 3. The summed E-state index contributed by atoms with van der Waals surface area (Å²) in [5.41, 5.74) is 4.91. The number of aryl methyl sites for hydroxylation is 2. The number of methoxy groups -OCH3 is 1. The Morgan fingerprint density at radius 1 is 1.10 bits per heavy atom. The Balaban J connectivity index is 1.50. The van der Waals surface area contributed by atoms with E-state index >= 15 is 0 Å². The Labute approximate surface area is 176 Å². The molecule has 144 valence electrons. The summed E-state index contributed by atoms with van der Waals surface area (Å²) in [6, 6.07) is 20.5. The molecular formula is C23H21AsN4O. The van der Waals surface area contributed by atoms with Gasteiger partial charge in [0.2, 0.25) is 0 Å². The fourth-order valence-electron chi connectivity index (χ4n) is 3.50. The van der Waals surface area contributed by atoms with E-state index < -0.39 is 0 Å². The van der Waals surface area contributed by atoms with Crippen LogP contribution in [0.15, 0.2) is 60.9 Å². The van der Waals surface area contributed by atoms with Gasteiger partial charge < -0.3 is 0 Å². The topological polar surface area (TPSA) is 63.7 Å². The number of fused-ring (bicyclic) bond motifs is 1. The number of rotatable bonds is 6. The van der Waals surface area contributed by atoms with E-state index in [2.05, 4.69) is 63.9 Å². The molecule has 2 heterocycles. The Bertz CT molecular complexity index is 1210. The van der Waals surface area contributed by atoms with Crippen molar-refractivity contribution < 1.29 is 4.74 Å². The van der Waals surface area contributed by atoms with Gasteiger partial charge in [0.15, 0.2) is 0 Å². The third-order valence-corrected chi connectivity index (χ3v) is 7.27. The van der Waals surface area contributed by atoms with Gasteiger partial charge in [0, 0.05) is 0 Å². The average molecular weight is 444 g/mol. The zero-order chi connectivity index (χ0) is 20.2. The molecule has 2 aromatic carbocycles. The van der Waals surface area contributed by atoms with Gasteiger partial charge in [-0.2, -0.15) is 0 Å². The molecular weight excluding hydrogens is 423 g/mol. The number of hydrogen-bond acceptors (Lipinski definition) is 4. The summed E-state index contributed by atoms with van der Waals surface area (Å²) in [7, 11) is 1.57. The normalized spacial score (nSPS) is 11.2. The summed E-state index contributed by atoms with van der Waals surface area (Å²) in [6.45, 7) is 3.17. The minimum atomic E-state index is -0.385. The van der Waals surface area contributed by atoms with Crippen molar-refractivity contribution in [3.8, 4) is 23.1 Å². The first-order valence-electron chi connectivity index (χ1n) is 9.39. The van der Waals surface area contributed by atoms with Gasteiger partial charge in [0.1, 0.15) is 0 Å². The Morgan fingerprint density at radius 2 is 1.97 bits per heavy atom. The third-order valence-electron chi connectivity index (χ3n) is 4.94. The molecule has 1 atom stereocenters. The van der Waals surface area contributed by atoms with Crippen molar-refractivity contribution in [1.29, 1.82) is 5.26 Å². The van der Waals surface area contributed by atoms with Crippen LogP contribution in [0.2, 0.25) is 5.21 Å². The van der Waals surface area contributed by atoms with Gasteiger partial charge >= 0.3 is 177 Å². The second kappa shape index (κ2) is 8.51. The van der Waals surface area contributed by atoms with E-state index in [1.54, 1.807) is 19.5 Å². The van der Waals surface area contributed by atoms with Gasteiger partial charge in [0.05, 0.1) is 0 Å². The number of nitrogens with zero attached hydrogens (tertiary/aromatic N) is 4. The van der Waals surface area contributed by atoms with E-state index in [0.717, 1.165) is 27.5 Å². The summed E-state index contributed by atoms with van der Waals surface area (Å²) >= 11 is -0.385. The molecule has 0 saturated carbocycles. The van der Waals surface area contributed by atoms with Crippen molar-refractivity contribution in [2.75, 3.05) is 7.11 Å². The fourth-order valence-corrected chi connectivity index (χ4v) is 5.55. The summed E-state index contributed by atoms with van der Waals surface area (Å²) in [4.78, 5) is 8.92. The third kappa shape index (κ3) is 4.04. The molecule has 4 rings (SSSR count). The van der Waals surface area contributed by atoms with Crippen molar-refractivity contribution in [2.24, 2.45) is 0 Å². The van der Waals surface area contributed by atoms with Gasteiger partial charge in [-0.1, -0.05) is 0 Å². The number of ether oxygens (including phenoxy) is 1. The second-order valence-corrected chi connectivity index (χ2v) is 9.60. The van der Waals surface area contributed by atoms with Gasteiger partial charge in [-0.25, -0.2) is 0 Å². The van der Waals surface area contributed by atoms with Crippen molar-refractivity contribution in [2.45, 2.75) is 18.7 Å². The van der Waals surface area contributed by atoms with Crippen LogP contribution in [0.5, 0.6) is 5.75 Å². The molecule has 4 aromatic rings. The molecule has 0 saturated heterocycles. The van der Waals surface area contributed by atoms with Crippen LogP contribution in [-0.4, -0.2) is 37.4 Å². The van der Waals surface area contributed by atoms with Crippen molar-refractivity contribution in [3.63, 3.8) is 0 Å². The Kier molecular flexibility index (Phi) is 5.64. The van der Waals surface area contributed by atoms with Crippen LogP contribution in [0, 0.1) is 18.3 Å². The van der Waals surface area contributed by atoms with Crippen LogP contribution < -0.4 is 9.22 Å². The SMILES string of the molecule is COc1cc(-c2cc([AsH]CCn3c(C)cc4ccccc43)ncn2)ccc1C#N. The number of para-hydroxylation sites is 1. The van der Waals surface area contributed by atoms with Crippen LogP contribution in [0.1, 0.15) is 11.3 Å². The van der Waals surface area contributed by atoms with E-state index in [1.165, 1.54) is 16.6 Å². The molecule has 6 heteroatoms. The molecule has 2 aromatic heterocycles. The Morgan fingerprint density at radius 3 is 2.79 bits per heavy atom. The predicted octanol–water partition coefficient (Wildman–Crippen LogP) is 3.47. The molecule has 0 amide bonds. The zero-order valence-corrected chi connectivity index (χ0v) is 18.5. The quantitative estimate of drug-likeness (QED) is 0.428. The van der Waals surface area contributed by atoms with Gasteiger partial charge in [-0.05, 0) is 0 Å². The van der Waals surface area contributed by atoms with Gasteiger partial charge in [-0.3, -0.25) is 0 Å². The first-order valence-corrected chi connectivity index (χ1v) is 11.9. The number of hydrogen-bond donors (Lipinski definition) is 0. The van der Waals surface area contributed by atoms with Crippen molar-refractivity contribution >= 4 is 31.1 Å². The average Bonchev–Trinajstić information content (AvgIpc) is 3.08. The van der Waals surface area contributed by atoms with Crippen LogP contribution >= 0.6 is 0 Å². The van der Waals surface area contributed by atoms with Crippen LogP contribution in [0.4, 0.5) is 0 Å². The molecule has 0 aliphatic rings. The van der Waals surface area contributed by atoms with E-state index in [-0.39, 0.29) is 15.8 Å². The molecule has 0 aliphatic heterocycles. The fraction of sp³-hybridized carbons (Fsp3) is 0.174. The molecule has 0 fully saturated rings. The Hall–Kier alpha value is -3.09. The molecule has 29 heavy (non-hydrogen) atoms. The molecule has 1 unspecified atom stereocenters. The molecule has 0 spiro atoms. The van der Waals surface area contributed by atoms with Crippen LogP contribution in [0.25, 0.3) is 22.2 Å². The summed E-state index contributed by atoms with van der Waals surface area (Å²) in [5.74, 6) is 0.566. The van der Waals surface area contributed by atoms with Crippen molar-refractivity contribution in [1.82, 2.24) is 14.5 Å². The molecule has 5 nitrogen and oxygen atoms in total. The maximum absolute atomic E-state index is 9.16. The summed E-state index contributed by atoms with van der Waals surface area (Å²) in [6.07, 6.45) is 1.63. The number of nitriles is 1. The first-order chi connectivity index (χ1) is 14.2.